The first kappa shape index (κ1) is 18.0. The van der Waals surface area contributed by atoms with Crippen molar-refractivity contribution in [3.8, 4) is 17.1 Å². The van der Waals surface area contributed by atoms with Gasteiger partial charge in [0.05, 0.1) is 12.7 Å². The third-order valence-corrected chi connectivity index (χ3v) is 5.22. The first-order valence-corrected chi connectivity index (χ1v) is 9.82. The predicted octanol–water partition coefficient (Wildman–Crippen LogP) is 6.86. The molecule has 0 radical (unpaired) electrons. The zero-order valence-corrected chi connectivity index (χ0v) is 17.5. The molecule has 0 fully saturated rings. The molecule has 0 bridgehead atoms. The molecule has 27 heavy (non-hydrogen) atoms. The molecule has 4 rings (SSSR count). The minimum atomic E-state index is -0.0900. The van der Waals surface area contributed by atoms with Crippen LogP contribution in [0.25, 0.3) is 22.3 Å². The van der Waals surface area contributed by atoms with Crippen LogP contribution in [0.3, 0.4) is 0 Å². The molecule has 1 aromatic heterocycles. The highest BCUT2D eigenvalue weighted by Gasteiger charge is 2.23. The van der Waals surface area contributed by atoms with Crippen LogP contribution in [0.1, 0.15) is 15.9 Å². The van der Waals surface area contributed by atoms with E-state index >= 15 is 0 Å². The van der Waals surface area contributed by atoms with E-state index in [1.807, 2.05) is 66.7 Å². The lowest BCUT2D eigenvalue weighted by molar-refractivity contribution is 0.104. The Hall–Kier alpha value is -2.37. The Bertz CT molecular complexity index is 1120. The summed E-state index contributed by atoms with van der Waals surface area (Å²) in [6.07, 6.45) is 0. The Balaban J connectivity index is 1.93. The summed E-state index contributed by atoms with van der Waals surface area (Å²) in [5.41, 5.74) is 2.64. The zero-order chi connectivity index (χ0) is 19.0. The molecule has 0 unspecified atom stereocenters. The van der Waals surface area contributed by atoms with Gasteiger partial charge < -0.3 is 9.15 Å². The zero-order valence-electron chi connectivity index (χ0n) is 14.3. The van der Waals surface area contributed by atoms with E-state index in [4.69, 9.17) is 9.15 Å². The molecule has 5 heteroatoms. The molecule has 0 saturated carbocycles. The van der Waals surface area contributed by atoms with Gasteiger partial charge in [-0.1, -0.05) is 50.1 Å². The molecular weight excluding hydrogens is 472 g/mol. The van der Waals surface area contributed by atoms with E-state index in [-0.39, 0.29) is 5.78 Å². The number of rotatable bonds is 4. The molecule has 0 aliphatic rings. The number of ether oxygens (including phenoxy) is 1. The average Bonchev–Trinajstić information content (AvgIpc) is 3.06. The van der Waals surface area contributed by atoms with E-state index in [9.17, 15) is 4.79 Å². The van der Waals surface area contributed by atoms with Crippen molar-refractivity contribution in [2.24, 2.45) is 0 Å². The largest absolute Gasteiger partial charge is 0.497 e. The molecule has 0 aliphatic heterocycles. The van der Waals surface area contributed by atoms with Crippen molar-refractivity contribution < 1.29 is 13.9 Å². The molecule has 0 saturated heterocycles. The number of carbonyl (C=O) groups excluding carboxylic acids is 1. The van der Waals surface area contributed by atoms with Gasteiger partial charge in [0.25, 0.3) is 0 Å². The molecular formula is C22H14Br2O3. The molecule has 134 valence electrons. The van der Waals surface area contributed by atoms with Crippen molar-refractivity contribution in [1.82, 2.24) is 0 Å². The summed E-state index contributed by atoms with van der Waals surface area (Å²) in [5, 5.41) is 0.796. The van der Waals surface area contributed by atoms with Crippen LogP contribution in [0.2, 0.25) is 0 Å². The number of carbonyl (C=O) groups is 1. The number of ketones is 1. The highest BCUT2D eigenvalue weighted by atomic mass is 79.9. The van der Waals surface area contributed by atoms with Gasteiger partial charge in [0.15, 0.2) is 5.78 Å². The minimum Gasteiger partial charge on any atom is -0.497 e. The number of hydrogen-bond donors (Lipinski definition) is 0. The first-order valence-electron chi connectivity index (χ1n) is 8.23. The summed E-state index contributed by atoms with van der Waals surface area (Å²) < 4.78 is 13.0. The van der Waals surface area contributed by atoms with Crippen LogP contribution in [-0.4, -0.2) is 12.9 Å². The fourth-order valence-corrected chi connectivity index (χ4v) is 4.34. The maximum atomic E-state index is 13.4. The molecule has 1 heterocycles. The SMILES string of the molecule is COc1ccc(-c2oc3ccccc3c2C(=O)c2cc(Br)cc(Br)c2)cc1. The molecule has 4 aromatic rings. The smallest absolute Gasteiger partial charge is 0.197 e. The summed E-state index contributed by atoms with van der Waals surface area (Å²) in [7, 11) is 1.62. The topological polar surface area (TPSA) is 39.4 Å². The third-order valence-electron chi connectivity index (χ3n) is 4.30. The van der Waals surface area contributed by atoms with Crippen LogP contribution in [0.15, 0.2) is 80.1 Å². The lowest BCUT2D eigenvalue weighted by Gasteiger charge is -2.06. The van der Waals surface area contributed by atoms with Crippen molar-refractivity contribution in [3.63, 3.8) is 0 Å². The predicted molar refractivity (Wildman–Crippen MR) is 113 cm³/mol. The summed E-state index contributed by atoms with van der Waals surface area (Å²) in [5.74, 6) is 1.21. The standard InChI is InChI=1S/C22H14Br2O3/c1-26-17-8-6-13(7-9-17)22-20(18-4-2-3-5-19(18)27-22)21(25)14-10-15(23)12-16(24)11-14/h2-12H,1H3. The van der Waals surface area contributed by atoms with E-state index in [0.29, 0.717) is 22.5 Å². The second-order valence-electron chi connectivity index (χ2n) is 6.02. The lowest BCUT2D eigenvalue weighted by Crippen LogP contribution is -2.02. The van der Waals surface area contributed by atoms with Crippen LogP contribution < -0.4 is 4.74 Å². The van der Waals surface area contributed by atoms with Crippen LogP contribution in [0, 0.1) is 0 Å². The number of methoxy groups -OCH3 is 1. The van der Waals surface area contributed by atoms with Gasteiger partial charge in [-0.25, -0.2) is 0 Å². The van der Waals surface area contributed by atoms with Gasteiger partial charge in [0.2, 0.25) is 0 Å². The monoisotopic (exact) mass is 484 g/mol. The van der Waals surface area contributed by atoms with E-state index in [1.54, 1.807) is 7.11 Å². The third kappa shape index (κ3) is 3.45. The van der Waals surface area contributed by atoms with Crippen LogP contribution in [-0.2, 0) is 0 Å². The van der Waals surface area contributed by atoms with Gasteiger partial charge in [-0.3, -0.25) is 4.79 Å². The Labute approximate surface area is 173 Å². The number of furan rings is 1. The van der Waals surface area contributed by atoms with E-state index < -0.39 is 0 Å². The van der Waals surface area contributed by atoms with Crippen molar-refractivity contribution in [3.05, 3.63) is 86.8 Å². The van der Waals surface area contributed by atoms with Gasteiger partial charge in [0.1, 0.15) is 17.1 Å². The number of benzene rings is 3. The molecule has 3 nitrogen and oxygen atoms in total. The number of fused-ring (bicyclic) bond motifs is 1. The Kier molecular flexibility index (Phi) is 4.89. The van der Waals surface area contributed by atoms with Gasteiger partial charge in [-0.15, -0.1) is 0 Å². The van der Waals surface area contributed by atoms with Crippen LogP contribution in [0.4, 0.5) is 0 Å². The van der Waals surface area contributed by atoms with Gasteiger partial charge in [0, 0.05) is 25.5 Å². The highest BCUT2D eigenvalue weighted by molar-refractivity contribution is 9.11. The Morgan fingerprint density at radius 1 is 0.926 bits per heavy atom. The summed E-state index contributed by atoms with van der Waals surface area (Å²) in [6, 6.07) is 20.6. The van der Waals surface area contributed by atoms with Gasteiger partial charge in [-0.05, 0) is 48.5 Å². The summed E-state index contributed by atoms with van der Waals surface area (Å²) >= 11 is 6.91. The van der Waals surface area contributed by atoms with Gasteiger partial charge in [-0.2, -0.15) is 0 Å². The maximum absolute atomic E-state index is 13.4. The second kappa shape index (κ2) is 7.33. The molecule has 0 aliphatic carbocycles. The van der Waals surface area contributed by atoms with Gasteiger partial charge >= 0.3 is 0 Å². The normalized spacial score (nSPS) is 10.9. The Morgan fingerprint density at radius 3 is 2.26 bits per heavy atom. The molecule has 3 aromatic carbocycles. The van der Waals surface area contributed by atoms with Crippen LogP contribution in [0.5, 0.6) is 5.75 Å². The molecule has 0 spiro atoms. The highest BCUT2D eigenvalue weighted by Crippen LogP contribution is 2.36. The number of para-hydroxylation sites is 1. The first-order chi connectivity index (χ1) is 13.1. The summed E-state index contributed by atoms with van der Waals surface area (Å²) in [6.45, 7) is 0. The number of halogens is 2. The molecule has 0 atom stereocenters. The van der Waals surface area contributed by atoms with Crippen molar-refractivity contribution in [2.45, 2.75) is 0 Å². The van der Waals surface area contributed by atoms with Crippen molar-refractivity contribution in [2.75, 3.05) is 7.11 Å². The number of hydrogen-bond acceptors (Lipinski definition) is 3. The van der Waals surface area contributed by atoms with Crippen molar-refractivity contribution in [1.29, 1.82) is 0 Å². The average molecular weight is 486 g/mol. The lowest BCUT2D eigenvalue weighted by atomic mass is 9.97. The van der Waals surface area contributed by atoms with Crippen molar-refractivity contribution >= 4 is 48.6 Å². The van der Waals surface area contributed by atoms with E-state index in [1.165, 1.54) is 0 Å². The van der Waals surface area contributed by atoms with E-state index in [2.05, 4.69) is 31.9 Å². The fraction of sp³-hybridized carbons (Fsp3) is 0.0455. The molecule has 0 amide bonds. The van der Waals surface area contributed by atoms with Crippen LogP contribution >= 0.6 is 31.9 Å². The Morgan fingerprint density at radius 2 is 1.59 bits per heavy atom. The molecule has 0 N–H and O–H groups in total. The maximum Gasteiger partial charge on any atom is 0.197 e. The minimum absolute atomic E-state index is 0.0900. The second-order valence-corrected chi connectivity index (χ2v) is 7.85. The van der Waals surface area contributed by atoms with E-state index in [0.717, 1.165) is 25.6 Å². The summed E-state index contributed by atoms with van der Waals surface area (Å²) in [4.78, 5) is 13.4. The quantitative estimate of drug-likeness (QED) is 0.296. The fourth-order valence-electron chi connectivity index (χ4n) is 3.05.